The van der Waals surface area contributed by atoms with Crippen LogP contribution in [0.15, 0.2) is 29.4 Å². The molecule has 2 heterocycles. The molecule has 1 aromatic heterocycles. The normalized spacial score (nSPS) is 17.0. The number of ether oxygens (including phenoxy) is 1. The highest BCUT2D eigenvalue weighted by Crippen LogP contribution is 2.42. The van der Waals surface area contributed by atoms with Crippen molar-refractivity contribution in [3.8, 4) is 0 Å². The van der Waals surface area contributed by atoms with Gasteiger partial charge in [-0.2, -0.15) is 26.3 Å². The van der Waals surface area contributed by atoms with Crippen LogP contribution in [0.25, 0.3) is 0 Å². The number of hydrogen-bond donors (Lipinski definition) is 0. The predicted molar refractivity (Wildman–Crippen MR) is 114 cm³/mol. The number of carbonyl (C=O) groups excluding carboxylic acids is 1. The summed E-state index contributed by atoms with van der Waals surface area (Å²) < 4.78 is 87.1. The van der Waals surface area contributed by atoms with Crippen molar-refractivity contribution < 1.29 is 35.9 Å². The van der Waals surface area contributed by atoms with Crippen LogP contribution in [0.2, 0.25) is 0 Å². The molecule has 2 aromatic rings. The molecule has 12 heteroatoms. The number of aryl methyl sites for hydroxylation is 1. The Hall–Kier alpha value is -2.37. The zero-order valence-corrected chi connectivity index (χ0v) is 19.9. The van der Waals surface area contributed by atoms with Gasteiger partial charge in [0.15, 0.2) is 10.9 Å². The monoisotopic (exact) mass is 509 g/mol. The summed E-state index contributed by atoms with van der Waals surface area (Å²) >= 11 is 1.07. The van der Waals surface area contributed by atoms with Crippen LogP contribution in [0.1, 0.15) is 55.7 Å². The third kappa shape index (κ3) is 5.81. The van der Waals surface area contributed by atoms with Gasteiger partial charge in [0.2, 0.25) is 0 Å². The molecule has 0 radical (unpaired) electrons. The highest BCUT2D eigenvalue weighted by molar-refractivity contribution is 7.98. The molecule has 0 aliphatic carbocycles. The van der Waals surface area contributed by atoms with E-state index in [-0.39, 0.29) is 36.8 Å². The van der Waals surface area contributed by atoms with E-state index in [4.69, 9.17) is 4.74 Å². The first kappa shape index (κ1) is 26.2. The lowest BCUT2D eigenvalue weighted by atomic mass is 9.98. The van der Waals surface area contributed by atoms with Crippen molar-refractivity contribution in [1.82, 2.24) is 14.5 Å². The first-order valence-electron chi connectivity index (χ1n) is 10.5. The van der Waals surface area contributed by atoms with E-state index in [0.29, 0.717) is 5.56 Å². The van der Waals surface area contributed by atoms with Gasteiger partial charge >= 0.3 is 18.4 Å². The van der Waals surface area contributed by atoms with E-state index in [2.05, 4.69) is 4.98 Å². The van der Waals surface area contributed by atoms with Crippen LogP contribution in [-0.2, 0) is 30.1 Å². The van der Waals surface area contributed by atoms with Crippen LogP contribution in [0.4, 0.5) is 31.1 Å². The molecule has 0 saturated heterocycles. The summed E-state index contributed by atoms with van der Waals surface area (Å²) in [6.45, 7) is 5.20. The Morgan fingerprint density at radius 1 is 1.06 bits per heavy atom. The van der Waals surface area contributed by atoms with Crippen LogP contribution in [0, 0.1) is 0 Å². The van der Waals surface area contributed by atoms with Gasteiger partial charge in [-0.15, -0.1) is 0 Å². The number of alkyl halides is 6. The maximum atomic E-state index is 13.9. The number of halogens is 6. The number of carbonyl (C=O) groups is 1. The fourth-order valence-electron chi connectivity index (χ4n) is 3.87. The third-order valence-electron chi connectivity index (χ3n) is 5.29. The van der Waals surface area contributed by atoms with Crippen molar-refractivity contribution in [3.63, 3.8) is 0 Å². The molecule has 0 bridgehead atoms. The Labute approximate surface area is 197 Å². The third-order valence-corrected chi connectivity index (χ3v) is 5.97. The van der Waals surface area contributed by atoms with Gasteiger partial charge in [-0.25, -0.2) is 9.78 Å². The Morgan fingerprint density at radius 3 is 2.18 bits per heavy atom. The van der Waals surface area contributed by atoms with Gasteiger partial charge in [-0.05, 0) is 57.6 Å². The molecule has 0 spiro atoms. The topological polar surface area (TPSA) is 47.4 Å². The Bertz CT molecular complexity index is 1030. The molecule has 34 heavy (non-hydrogen) atoms. The van der Waals surface area contributed by atoms with Crippen LogP contribution < -0.4 is 0 Å². The number of rotatable bonds is 4. The Balaban J connectivity index is 1.98. The molecule has 3 rings (SSSR count). The highest BCUT2D eigenvalue weighted by Gasteiger charge is 2.45. The lowest BCUT2D eigenvalue weighted by Crippen LogP contribution is -2.45. The first-order chi connectivity index (χ1) is 15.6. The fourth-order valence-corrected chi connectivity index (χ4v) is 4.46. The average Bonchev–Trinajstić information content (AvgIpc) is 3.10. The molecule has 1 aliphatic rings. The van der Waals surface area contributed by atoms with E-state index >= 15 is 0 Å². The second-order valence-electron chi connectivity index (χ2n) is 8.90. The van der Waals surface area contributed by atoms with Gasteiger partial charge < -0.3 is 9.30 Å². The van der Waals surface area contributed by atoms with Crippen molar-refractivity contribution >= 4 is 17.9 Å². The number of nitrogens with zero attached hydrogens (tertiary/aromatic N) is 3. The summed E-state index contributed by atoms with van der Waals surface area (Å²) in [6.07, 6.45) is -8.16. The van der Waals surface area contributed by atoms with Crippen molar-refractivity contribution in [2.45, 2.75) is 69.3 Å². The predicted octanol–water partition coefficient (Wildman–Crippen LogP) is 6.57. The number of imidazole rings is 1. The minimum Gasteiger partial charge on any atom is -0.444 e. The van der Waals surface area contributed by atoms with E-state index in [1.165, 1.54) is 21.6 Å². The van der Waals surface area contributed by atoms with Gasteiger partial charge in [0, 0.05) is 13.1 Å². The molecule has 1 aromatic carbocycles. The zero-order chi connectivity index (χ0) is 25.5. The Kier molecular flexibility index (Phi) is 7.22. The van der Waals surface area contributed by atoms with Gasteiger partial charge in [-0.3, -0.25) is 4.90 Å². The summed E-state index contributed by atoms with van der Waals surface area (Å²) in [5, 5.41) is 0.186. The molecule has 0 saturated carbocycles. The maximum Gasteiger partial charge on any atom is 0.435 e. The molecule has 1 unspecified atom stereocenters. The number of hydrogen-bond acceptors (Lipinski definition) is 4. The van der Waals surface area contributed by atoms with Gasteiger partial charge in [-0.1, -0.05) is 23.9 Å². The summed E-state index contributed by atoms with van der Waals surface area (Å²) in [5.74, 6) is 0. The second-order valence-corrected chi connectivity index (χ2v) is 9.68. The summed E-state index contributed by atoms with van der Waals surface area (Å²) in [5.41, 5.74) is -2.37. The van der Waals surface area contributed by atoms with Crippen molar-refractivity contribution in [2.75, 3.05) is 12.8 Å². The van der Waals surface area contributed by atoms with E-state index in [9.17, 15) is 31.1 Å². The molecular weight excluding hydrogens is 484 g/mol. The first-order valence-corrected chi connectivity index (χ1v) is 11.7. The smallest absolute Gasteiger partial charge is 0.435 e. The summed E-state index contributed by atoms with van der Waals surface area (Å²) in [4.78, 5) is 17.9. The molecular formula is C22H25F6N3O2S. The van der Waals surface area contributed by atoms with E-state index in [1.807, 2.05) is 0 Å². The quantitative estimate of drug-likeness (QED) is 0.346. The van der Waals surface area contributed by atoms with E-state index in [1.54, 1.807) is 27.0 Å². The Morgan fingerprint density at radius 2 is 1.68 bits per heavy atom. The van der Waals surface area contributed by atoms with Crippen molar-refractivity contribution in [3.05, 3.63) is 46.8 Å². The molecule has 5 nitrogen and oxygen atoms in total. The van der Waals surface area contributed by atoms with Crippen LogP contribution in [-0.4, -0.2) is 38.9 Å². The standard InChI is InChI=1S/C22H25F6N3O2S/c1-20(2,3)33-19(32)30-11-12-31-16(17(22(26,27)28)29-18(31)34-4)15(30)10-7-13-5-8-14(9-6-13)21(23,24)25/h5-6,8-9,15H,7,10-12H2,1-4H3. The number of thioether (sulfide) groups is 1. The van der Waals surface area contributed by atoms with Gasteiger partial charge in [0.05, 0.1) is 17.3 Å². The SMILES string of the molecule is CSc1nc(C(F)(F)F)c2n1CCN(C(=O)OC(C)(C)C)C2CCc1ccc(C(F)(F)F)cc1. The maximum absolute atomic E-state index is 13.9. The van der Waals surface area contributed by atoms with Crippen molar-refractivity contribution in [2.24, 2.45) is 0 Å². The zero-order valence-electron chi connectivity index (χ0n) is 19.0. The lowest BCUT2D eigenvalue weighted by Gasteiger charge is -2.38. The van der Waals surface area contributed by atoms with Gasteiger partial charge in [0.1, 0.15) is 5.60 Å². The molecule has 1 atom stereocenters. The minimum absolute atomic E-state index is 0.0488. The lowest BCUT2D eigenvalue weighted by molar-refractivity contribution is -0.142. The number of benzene rings is 1. The van der Waals surface area contributed by atoms with E-state index < -0.39 is 41.3 Å². The molecule has 188 valence electrons. The minimum atomic E-state index is -4.74. The van der Waals surface area contributed by atoms with Crippen LogP contribution in [0.5, 0.6) is 0 Å². The number of aromatic nitrogens is 2. The average molecular weight is 510 g/mol. The molecule has 1 aliphatic heterocycles. The molecule has 0 N–H and O–H groups in total. The van der Waals surface area contributed by atoms with Crippen LogP contribution >= 0.6 is 11.8 Å². The molecule has 1 amide bonds. The van der Waals surface area contributed by atoms with Crippen LogP contribution in [0.3, 0.4) is 0 Å². The second kappa shape index (κ2) is 9.35. The molecule has 0 fully saturated rings. The highest BCUT2D eigenvalue weighted by atomic mass is 32.2. The summed E-state index contributed by atoms with van der Waals surface area (Å²) in [7, 11) is 0. The van der Waals surface area contributed by atoms with Gasteiger partial charge in [0.25, 0.3) is 0 Å². The van der Waals surface area contributed by atoms with E-state index in [0.717, 1.165) is 23.9 Å². The van der Waals surface area contributed by atoms with Crippen molar-refractivity contribution in [1.29, 1.82) is 0 Å². The summed E-state index contributed by atoms with van der Waals surface area (Å²) in [6, 6.07) is 3.42. The number of amides is 1. The number of fused-ring (bicyclic) bond motifs is 1. The largest absolute Gasteiger partial charge is 0.444 e. The fraction of sp³-hybridized carbons (Fsp3) is 0.545.